The molecule has 1 saturated heterocycles. The predicted molar refractivity (Wildman–Crippen MR) is 102 cm³/mol. The molecule has 0 N–H and O–H groups in total. The molecule has 1 aliphatic rings. The average molecular weight is 402 g/mol. The van der Waals surface area contributed by atoms with E-state index >= 15 is 0 Å². The quantitative estimate of drug-likeness (QED) is 0.631. The van der Waals surface area contributed by atoms with Crippen LogP contribution in [0, 0.1) is 0 Å². The number of amides is 1. The maximum atomic E-state index is 13.7. The SMILES string of the molecule is CCC1CCCCN1C(=O)c1cc2nc(-c3ccccc3)cc(C(F)(F)F)n2n1. The van der Waals surface area contributed by atoms with Crippen molar-refractivity contribution in [3.05, 3.63) is 53.9 Å². The Morgan fingerprint density at radius 1 is 1.17 bits per heavy atom. The van der Waals surface area contributed by atoms with Crippen LogP contribution in [0.1, 0.15) is 48.8 Å². The third-order valence-electron chi connectivity index (χ3n) is 5.37. The molecule has 1 aliphatic heterocycles. The van der Waals surface area contributed by atoms with Gasteiger partial charge in [0, 0.05) is 24.2 Å². The molecule has 3 aromatic rings. The lowest BCUT2D eigenvalue weighted by Crippen LogP contribution is -2.43. The van der Waals surface area contributed by atoms with Gasteiger partial charge in [0.05, 0.1) is 5.69 Å². The van der Waals surface area contributed by atoms with Crippen LogP contribution in [0.3, 0.4) is 0 Å². The molecule has 1 amide bonds. The first-order chi connectivity index (χ1) is 13.9. The predicted octanol–water partition coefficient (Wildman–Crippen LogP) is 4.82. The Morgan fingerprint density at radius 3 is 2.62 bits per heavy atom. The molecule has 152 valence electrons. The second-order valence-corrected chi connectivity index (χ2v) is 7.25. The highest BCUT2D eigenvalue weighted by Gasteiger charge is 2.36. The molecule has 0 saturated carbocycles. The Labute approximate surface area is 166 Å². The number of likely N-dealkylation sites (tertiary alicyclic amines) is 1. The third kappa shape index (κ3) is 3.71. The minimum absolute atomic E-state index is 0.00596. The van der Waals surface area contributed by atoms with Gasteiger partial charge >= 0.3 is 6.18 Å². The first kappa shape index (κ1) is 19.4. The Bertz CT molecular complexity index is 1030. The molecule has 0 aliphatic carbocycles. The van der Waals surface area contributed by atoms with Gasteiger partial charge in [0.15, 0.2) is 17.0 Å². The molecule has 1 aromatic carbocycles. The summed E-state index contributed by atoms with van der Waals surface area (Å²) in [5.74, 6) is -0.337. The molecule has 3 heterocycles. The summed E-state index contributed by atoms with van der Waals surface area (Å²) in [6, 6.07) is 11.1. The number of nitrogens with zero attached hydrogens (tertiary/aromatic N) is 4. The van der Waals surface area contributed by atoms with Gasteiger partial charge in [-0.1, -0.05) is 37.3 Å². The first-order valence-electron chi connectivity index (χ1n) is 9.73. The molecule has 1 unspecified atom stereocenters. The van der Waals surface area contributed by atoms with Crippen LogP contribution in [0.25, 0.3) is 16.9 Å². The summed E-state index contributed by atoms with van der Waals surface area (Å²) < 4.78 is 41.9. The molecule has 29 heavy (non-hydrogen) atoms. The molecule has 4 rings (SSSR count). The highest BCUT2D eigenvalue weighted by molar-refractivity contribution is 5.93. The van der Waals surface area contributed by atoms with E-state index in [1.807, 2.05) is 6.92 Å². The number of fused-ring (bicyclic) bond motifs is 1. The van der Waals surface area contributed by atoms with E-state index in [1.54, 1.807) is 35.2 Å². The van der Waals surface area contributed by atoms with Crippen molar-refractivity contribution in [2.45, 2.75) is 44.8 Å². The van der Waals surface area contributed by atoms with Crippen LogP contribution in [0.15, 0.2) is 42.5 Å². The smallest absolute Gasteiger partial charge is 0.334 e. The Kier molecular flexibility index (Phi) is 5.02. The topological polar surface area (TPSA) is 50.5 Å². The van der Waals surface area contributed by atoms with Gasteiger partial charge in [-0.25, -0.2) is 9.50 Å². The van der Waals surface area contributed by atoms with Crippen LogP contribution in [0.4, 0.5) is 13.2 Å². The number of aromatic nitrogens is 3. The van der Waals surface area contributed by atoms with E-state index in [9.17, 15) is 18.0 Å². The van der Waals surface area contributed by atoms with E-state index in [1.165, 1.54) is 6.07 Å². The number of benzene rings is 1. The van der Waals surface area contributed by atoms with E-state index in [2.05, 4.69) is 10.1 Å². The summed E-state index contributed by atoms with van der Waals surface area (Å²) >= 11 is 0. The molecule has 0 spiro atoms. The van der Waals surface area contributed by atoms with Gasteiger partial charge in [0.25, 0.3) is 5.91 Å². The molecule has 5 nitrogen and oxygen atoms in total. The fourth-order valence-electron chi connectivity index (χ4n) is 3.88. The van der Waals surface area contributed by atoms with Gasteiger partial charge in [-0.05, 0) is 31.7 Å². The van der Waals surface area contributed by atoms with Crippen molar-refractivity contribution in [2.75, 3.05) is 6.54 Å². The van der Waals surface area contributed by atoms with Crippen molar-refractivity contribution in [3.63, 3.8) is 0 Å². The number of hydrogen-bond donors (Lipinski definition) is 0. The molecule has 8 heteroatoms. The van der Waals surface area contributed by atoms with Crippen LogP contribution in [-0.4, -0.2) is 38.0 Å². The van der Waals surface area contributed by atoms with Gasteiger partial charge in [-0.15, -0.1) is 0 Å². The van der Waals surface area contributed by atoms with Gasteiger partial charge in [-0.3, -0.25) is 4.79 Å². The highest BCUT2D eigenvalue weighted by Crippen LogP contribution is 2.32. The molecular weight excluding hydrogens is 381 g/mol. The van der Waals surface area contributed by atoms with Crippen LogP contribution in [-0.2, 0) is 6.18 Å². The zero-order valence-corrected chi connectivity index (χ0v) is 16.0. The van der Waals surface area contributed by atoms with Crippen LogP contribution in [0.2, 0.25) is 0 Å². The number of carbonyl (C=O) groups excluding carboxylic acids is 1. The van der Waals surface area contributed by atoms with Gasteiger partial charge < -0.3 is 4.90 Å². The molecule has 1 atom stereocenters. The summed E-state index contributed by atoms with van der Waals surface area (Å²) in [6.45, 7) is 2.61. The van der Waals surface area contributed by atoms with Gasteiger partial charge in [0.1, 0.15) is 0 Å². The number of halogens is 3. The molecule has 0 bridgehead atoms. The largest absolute Gasteiger partial charge is 0.433 e. The van der Waals surface area contributed by atoms with Crippen LogP contribution < -0.4 is 0 Å². The summed E-state index contributed by atoms with van der Waals surface area (Å²) in [7, 11) is 0. The standard InChI is InChI=1S/C21H21F3N4O/c1-2-15-10-6-7-11-27(15)20(29)17-13-19-25-16(14-8-4-3-5-9-14)12-18(21(22,23)24)28(19)26-17/h3-5,8-9,12-13,15H,2,6-7,10-11H2,1H3. The third-order valence-corrected chi connectivity index (χ3v) is 5.37. The zero-order valence-electron chi connectivity index (χ0n) is 16.0. The summed E-state index contributed by atoms with van der Waals surface area (Å²) in [4.78, 5) is 19.1. The van der Waals surface area contributed by atoms with E-state index in [0.717, 1.165) is 36.3 Å². The minimum atomic E-state index is -4.63. The number of alkyl halides is 3. The zero-order chi connectivity index (χ0) is 20.6. The van der Waals surface area contributed by atoms with Crippen molar-refractivity contribution in [1.29, 1.82) is 0 Å². The Morgan fingerprint density at radius 2 is 1.93 bits per heavy atom. The van der Waals surface area contributed by atoms with Gasteiger partial charge in [-0.2, -0.15) is 18.3 Å². The average Bonchev–Trinajstić information content (AvgIpc) is 3.16. The van der Waals surface area contributed by atoms with Crippen molar-refractivity contribution in [1.82, 2.24) is 19.5 Å². The molecular formula is C21H21F3N4O. The van der Waals surface area contributed by atoms with Crippen molar-refractivity contribution in [3.8, 4) is 11.3 Å². The Balaban J connectivity index is 1.81. The monoisotopic (exact) mass is 402 g/mol. The number of piperidine rings is 1. The number of hydrogen-bond acceptors (Lipinski definition) is 3. The van der Waals surface area contributed by atoms with E-state index in [4.69, 9.17) is 0 Å². The highest BCUT2D eigenvalue weighted by atomic mass is 19.4. The van der Waals surface area contributed by atoms with Crippen molar-refractivity contribution in [2.24, 2.45) is 0 Å². The lowest BCUT2D eigenvalue weighted by Gasteiger charge is -2.34. The van der Waals surface area contributed by atoms with Crippen molar-refractivity contribution < 1.29 is 18.0 Å². The van der Waals surface area contributed by atoms with Gasteiger partial charge in [0.2, 0.25) is 0 Å². The summed E-state index contributed by atoms with van der Waals surface area (Å²) in [5, 5.41) is 4.00. The second-order valence-electron chi connectivity index (χ2n) is 7.25. The fraction of sp³-hybridized carbons (Fsp3) is 0.381. The normalized spacial score (nSPS) is 17.7. The first-order valence-corrected chi connectivity index (χ1v) is 9.73. The lowest BCUT2D eigenvalue weighted by molar-refractivity contribution is -0.142. The summed E-state index contributed by atoms with van der Waals surface area (Å²) in [6.07, 6.45) is -0.981. The maximum absolute atomic E-state index is 13.7. The molecule has 1 fully saturated rings. The van der Waals surface area contributed by atoms with E-state index in [0.29, 0.717) is 12.1 Å². The minimum Gasteiger partial charge on any atom is -0.334 e. The molecule has 0 radical (unpaired) electrons. The lowest BCUT2D eigenvalue weighted by atomic mass is 9.99. The fourth-order valence-corrected chi connectivity index (χ4v) is 3.88. The van der Waals surface area contributed by atoms with E-state index in [-0.39, 0.29) is 29.0 Å². The number of rotatable bonds is 3. The number of carbonyl (C=O) groups is 1. The van der Waals surface area contributed by atoms with Crippen LogP contribution in [0.5, 0.6) is 0 Å². The maximum Gasteiger partial charge on any atom is 0.433 e. The molecule has 2 aromatic heterocycles. The van der Waals surface area contributed by atoms with Crippen molar-refractivity contribution >= 4 is 11.6 Å². The van der Waals surface area contributed by atoms with Crippen LogP contribution >= 0.6 is 0 Å². The Hall–Kier alpha value is -2.90. The van der Waals surface area contributed by atoms with E-state index < -0.39 is 11.9 Å². The second kappa shape index (κ2) is 7.50. The summed E-state index contributed by atoms with van der Waals surface area (Å²) in [5.41, 5.74) is -0.197.